The Kier molecular flexibility index (Phi) is 5.15. The molecule has 0 atom stereocenters. The van der Waals surface area contributed by atoms with Crippen LogP contribution in [0.4, 0.5) is 17.5 Å². The summed E-state index contributed by atoms with van der Waals surface area (Å²) in [6, 6.07) is 5.34. The van der Waals surface area contributed by atoms with Crippen molar-refractivity contribution < 1.29 is 0 Å². The Bertz CT molecular complexity index is 653. The first-order valence-electron chi connectivity index (χ1n) is 7.55. The molecular formula is C15H18Cl2N6. The number of benzene rings is 1. The zero-order valence-electron chi connectivity index (χ0n) is 12.8. The number of rotatable bonds is 4. The number of hydrogen-bond donors (Lipinski definition) is 1. The number of nitrogens with zero attached hydrogens (tertiary/aromatic N) is 5. The molecule has 2 aromatic rings. The fourth-order valence-corrected chi connectivity index (χ4v) is 2.99. The van der Waals surface area contributed by atoms with Crippen molar-refractivity contribution in [1.29, 1.82) is 0 Å². The Hall–Kier alpha value is -1.63. The Morgan fingerprint density at radius 3 is 2.48 bits per heavy atom. The summed E-state index contributed by atoms with van der Waals surface area (Å²) in [5, 5.41) is 12.4. The van der Waals surface area contributed by atoms with Gasteiger partial charge in [-0.3, -0.25) is 0 Å². The van der Waals surface area contributed by atoms with Gasteiger partial charge in [-0.05, 0) is 18.7 Å². The molecule has 0 saturated carbocycles. The maximum absolute atomic E-state index is 6.17. The van der Waals surface area contributed by atoms with Crippen LogP contribution in [0.25, 0.3) is 0 Å². The summed E-state index contributed by atoms with van der Waals surface area (Å²) in [5.74, 6) is 1.19. The number of halogens is 2. The van der Waals surface area contributed by atoms with Gasteiger partial charge >= 0.3 is 0 Å². The zero-order chi connectivity index (χ0) is 16.2. The lowest BCUT2D eigenvalue weighted by Gasteiger charge is -2.33. The van der Waals surface area contributed by atoms with Gasteiger partial charge in [-0.1, -0.05) is 36.2 Å². The number of aromatic nitrogens is 3. The molecule has 0 amide bonds. The first kappa shape index (κ1) is 16.2. The van der Waals surface area contributed by atoms with E-state index < -0.39 is 0 Å². The predicted molar refractivity (Wildman–Crippen MR) is 93.9 cm³/mol. The Labute approximate surface area is 145 Å². The smallest absolute Gasteiger partial charge is 0.247 e. The molecule has 122 valence electrons. The average Bonchev–Trinajstić information content (AvgIpc) is 2.59. The third kappa shape index (κ3) is 3.83. The highest BCUT2D eigenvalue weighted by Crippen LogP contribution is 2.32. The van der Waals surface area contributed by atoms with E-state index >= 15 is 0 Å². The Balaban J connectivity index is 1.75. The minimum Gasteiger partial charge on any atom is -0.337 e. The number of nitrogens with one attached hydrogen (secondary N) is 1. The van der Waals surface area contributed by atoms with Gasteiger partial charge in [0.15, 0.2) is 5.82 Å². The molecule has 0 bridgehead atoms. The quantitative estimate of drug-likeness (QED) is 0.912. The largest absolute Gasteiger partial charge is 0.337 e. The van der Waals surface area contributed by atoms with Gasteiger partial charge in [0.2, 0.25) is 5.95 Å². The van der Waals surface area contributed by atoms with E-state index in [2.05, 4.69) is 37.2 Å². The second kappa shape index (κ2) is 7.29. The molecule has 0 spiro atoms. The first-order chi connectivity index (χ1) is 11.2. The van der Waals surface area contributed by atoms with Crippen molar-refractivity contribution in [1.82, 2.24) is 20.1 Å². The lowest BCUT2D eigenvalue weighted by atomic mass is 10.3. The summed E-state index contributed by atoms with van der Waals surface area (Å²) in [6.45, 7) is 7.05. The maximum Gasteiger partial charge on any atom is 0.247 e. The number of anilines is 3. The van der Waals surface area contributed by atoms with E-state index in [4.69, 9.17) is 23.2 Å². The molecule has 8 heteroatoms. The van der Waals surface area contributed by atoms with E-state index in [1.165, 1.54) is 0 Å². The zero-order valence-corrected chi connectivity index (χ0v) is 14.3. The van der Waals surface area contributed by atoms with E-state index in [-0.39, 0.29) is 0 Å². The molecule has 1 aliphatic rings. The van der Waals surface area contributed by atoms with E-state index in [0.29, 0.717) is 27.5 Å². The molecule has 23 heavy (non-hydrogen) atoms. The SMILES string of the molecule is CCN1CCN(c2nncc(Nc3c(Cl)cccc3Cl)n2)CC1. The van der Waals surface area contributed by atoms with Crippen molar-refractivity contribution in [3.05, 3.63) is 34.4 Å². The maximum atomic E-state index is 6.17. The van der Waals surface area contributed by atoms with E-state index in [1.54, 1.807) is 24.4 Å². The third-order valence-electron chi connectivity index (χ3n) is 3.87. The van der Waals surface area contributed by atoms with Gasteiger partial charge in [0.1, 0.15) is 0 Å². The number of hydrogen-bond acceptors (Lipinski definition) is 6. The fraction of sp³-hybridized carbons (Fsp3) is 0.400. The molecule has 2 heterocycles. The lowest BCUT2D eigenvalue weighted by Crippen LogP contribution is -2.46. The van der Waals surface area contributed by atoms with Crippen LogP contribution in [-0.2, 0) is 0 Å². The topological polar surface area (TPSA) is 57.2 Å². The predicted octanol–water partition coefficient (Wildman–Crippen LogP) is 3.06. The summed E-state index contributed by atoms with van der Waals surface area (Å²) >= 11 is 12.3. The van der Waals surface area contributed by atoms with Crippen molar-refractivity contribution in [2.75, 3.05) is 42.9 Å². The number of para-hydroxylation sites is 1. The van der Waals surface area contributed by atoms with E-state index in [1.807, 2.05) is 0 Å². The molecule has 1 aromatic heterocycles. The van der Waals surface area contributed by atoms with Gasteiger partial charge in [0.25, 0.3) is 0 Å². The normalized spacial score (nSPS) is 15.7. The highest BCUT2D eigenvalue weighted by molar-refractivity contribution is 6.39. The Morgan fingerprint density at radius 2 is 1.83 bits per heavy atom. The highest BCUT2D eigenvalue weighted by Gasteiger charge is 2.18. The molecule has 1 fully saturated rings. The van der Waals surface area contributed by atoms with Gasteiger partial charge in [-0.2, -0.15) is 10.1 Å². The molecule has 1 aliphatic heterocycles. The van der Waals surface area contributed by atoms with Crippen molar-refractivity contribution >= 4 is 40.7 Å². The minimum atomic E-state index is 0.536. The molecule has 1 saturated heterocycles. The van der Waals surface area contributed by atoms with Crippen molar-refractivity contribution in [2.24, 2.45) is 0 Å². The minimum absolute atomic E-state index is 0.536. The van der Waals surface area contributed by atoms with Crippen molar-refractivity contribution in [3.8, 4) is 0 Å². The van der Waals surface area contributed by atoms with Gasteiger partial charge in [0, 0.05) is 26.2 Å². The second-order valence-corrected chi connectivity index (χ2v) is 6.10. The van der Waals surface area contributed by atoms with Crippen LogP contribution in [0.2, 0.25) is 10.0 Å². The molecule has 0 unspecified atom stereocenters. The second-order valence-electron chi connectivity index (χ2n) is 5.28. The van der Waals surface area contributed by atoms with Crippen LogP contribution in [0.15, 0.2) is 24.4 Å². The van der Waals surface area contributed by atoms with Gasteiger partial charge in [-0.25, -0.2) is 0 Å². The summed E-state index contributed by atoms with van der Waals surface area (Å²) in [4.78, 5) is 9.07. The van der Waals surface area contributed by atoms with Crippen LogP contribution < -0.4 is 10.2 Å². The van der Waals surface area contributed by atoms with E-state index in [0.717, 1.165) is 32.7 Å². The molecule has 1 N–H and O–H groups in total. The van der Waals surface area contributed by atoms with Crippen LogP contribution in [0, 0.1) is 0 Å². The molecule has 1 aromatic carbocycles. The molecule has 3 rings (SSSR count). The van der Waals surface area contributed by atoms with Gasteiger partial charge in [-0.15, -0.1) is 5.10 Å². The first-order valence-corrected chi connectivity index (χ1v) is 8.31. The van der Waals surface area contributed by atoms with Gasteiger partial charge < -0.3 is 15.1 Å². The van der Waals surface area contributed by atoms with Crippen LogP contribution in [-0.4, -0.2) is 52.8 Å². The molecule has 0 radical (unpaired) electrons. The van der Waals surface area contributed by atoms with E-state index in [9.17, 15) is 0 Å². The molecule has 0 aliphatic carbocycles. The monoisotopic (exact) mass is 352 g/mol. The summed E-state index contributed by atoms with van der Waals surface area (Å²) < 4.78 is 0. The molecule has 6 nitrogen and oxygen atoms in total. The van der Waals surface area contributed by atoms with Crippen LogP contribution >= 0.6 is 23.2 Å². The van der Waals surface area contributed by atoms with Crippen LogP contribution in [0.1, 0.15) is 6.92 Å². The van der Waals surface area contributed by atoms with Crippen molar-refractivity contribution in [2.45, 2.75) is 6.92 Å². The lowest BCUT2D eigenvalue weighted by molar-refractivity contribution is 0.269. The van der Waals surface area contributed by atoms with Crippen LogP contribution in [0.3, 0.4) is 0 Å². The summed E-state index contributed by atoms with van der Waals surface area (Å²) in [6.07, 6.45) is 1.56. The number of piperazine rings is 1. The fourth-order valence-electron chi connectivity index (χ4n) is 2.50. The highest BCUT2D eigenvalue weighted by atomic mass is 35.5. The van der Waals surface area contributed by atoms with Crippen LogP contribution in [0.5, 0.6) is 0 Å². The standard InChI is InChI=1S/C15H18Cl2N6/c1-2-22-6-8-23(9-7-22)15-20-13(10-18-21-15)19-14-11(16)4-3-5-12(14)17/h3-5,10H,2,6-9H2,1H3,(H,19,20,21). The Morgan fingerprint density at radius 1 is 1.13 bits per heavy atom. The number of likely N-dealkylation sites (N-methyl/N-ethyl adjacent to an activating group) is 1. The van der Waals surface area contributed by atoms with Crippen molar-refractivity contribution in [3.63, 3.8) is 0 Å². The van der Waals surface area contributed by atoms with Gasteiger partial charge in [0.05, 0.1) is 21.9 Å². The average molecular weight is 353 g/mol. The summed E-state index contributed by atoms with van der Waals surface area (Å²) in [7, 11) is 0. The third-order valence-corrected chi connectivity index (χ3v) is 4.50. The summed E-state index contributed by atoms with van der Waals surface area (Å²) in [5.41, 5.74) is 0.623. The molecular weight excluding hydrogens is 335 g/mol.